The van der Waals surface area contributed by atoms with E-state index in [1.54, 1.807) is 7.11 Å². The van der Waals surface area contributed by atoms with Crippen LogP contribution >= 0.6 is 0 Å². The number of aliphatic hydroxyl groups is 1. The number of hydrogen-bond acceptors (Lipinski definition) is 5. The van der Waals surface area contributed by atoms with Crippen LogP contribution in [0.4, 0.5) is 0 Å². The van der Waals surface area contributed by atoms with Crippen LogP contribution in [0, 0.1) is 0 Å². The summed E-state index contributed by atoms with van der Waals surface area (Å²) >= 11 is 0. The molecule has 1 fully saturated rings. The van der Waals surface area contributed by atoms with Crippen molar-refractivity contribution in [3.05, 3.63) is 0 Å². The van der Waals surface area contributed by atoms with Crippen molar-refractivity contribution in [1.29, 1.82) is 0 Å². The highest BCUT2D eigenvalue weighted by molar-refractivity contribution is 5.81. The molecule has 124 valence electrons. The second kappa shape index (κ2) is 9.35. The third-order valence-electron chi connectivity index (χ3n) is 4.05. The van der Waals surface area contributed by atoms with Crippen molar-refractivity contribution in [2.75, 3.05) is 46.4 Å². The molecular formula is C15H31N3O3. The maximum atomic E-state index is 12.1. The maximum absolute atomic E-state index is 12.1. The van der Waals surface area contributed by atoms with Crippen molar-refractivity contribution in [3.8, 4) is 0 Å². The SMILES string of the molecule is COCCCNC(=O)C(C)N1CCN(CC(C)O)C(C)C1. The van der Waals surface area contributed by atoms with E-state index in [1.807, 2.05) is 13.8 Å². The number of aliphatic hydroxyl groups excluding tert-OH is 1. The van der Waals surface area contributed by atoms with Gasteiger partial charge in [0.25, 0.3) is 0 Å². The van der Waals surface area contributed by atoms with E-state index < -0.39 is 0 Å². The van der Waals surface area contributed by atoms with Gasteiger partial charge >= 0.3 is 0 Å². The summed E-state index contributed by atoms with van der Waals surface area (Å²) in [5.41, 5.74) is 0. The summed E-state index contributed by atoms with van der Waals surface area (Å²) in [6.07, 6.45) is 0.536. The molecule has 21 heavy (non-hydrogen) atoms. The van der Waals surface area contributed by atoms with Gasteiger partial charge in [-0.2, -0.15) is 0 Å². The first-order chi connectivity index (χ1) is 9.95. The minimum Gasteiger partial charge on any atom is -0.392 e. The molecule has 0 aromatic heterocycles. The Balaban J connectivity index is 2.35. The minimum atomic E-state index is -0.305. The van der Waals surface area contributed by atoms with Gasteiger partial charge in [0, 0.05) is 52.5 Å². The van der Waals surface area contributed by atoms with Crippen molar-refractivity contribution in [1.82, 2.24) is 15.1 Å². The lowest BCUT2D eigenvalue weighted by molar-refractivity contribution is -0.127. The van der Waals surface area contributed by atoms with E-state index in [2.05, 4.69) is 22.0 Å². The highest BCUT2D eigenvalue weighted by Crippen LogP contribution is 2.13. The van der Waals surface area contributed by atoms with Crippen LogP contribution in [0.25, 0.3) is 0 Å². The number of carbonyl (C=O) groups is 1. The number of nitrogens with zero attached hydrogens (tertiary/aromatic N) is 2. The molecule has 1 heterocycles. The van der Waals surface area contributed by atoms with Gasteiger partial charge in [-0.1, -0.05) is 0 Å². The quantitative estimate of drug-likeness (QED) is 0.614. The van der Waals surface area contributed by atoms with Gasteiger partial charge in [0.1, 0.15) is 0 Å². The minimum absolute atomic E-state index is 0.0854. The summed E-state index contributed by atoms with van der Waals surface area (Å²) in [4.78, 5) is 16.6. The predicted octanol–water partition coefficient (Wildman–Crippen LogP) is -0.0855. The van der Waals surface area contributed by atoms with E-state index in [-0.39, 0.29) is 18.1 Å². The topological polar surface area (TPSA) is 65.0 Å². The van der Waals surface area contributed by atoms with Gasteiger partial charge in [0.15, 0.2) is 0 Å². The molecule has 1 aliphatic heterocycles. The largest absolute Gasteiger partial charge is 0.392 e. The first-order valence-electron chi connectivity index (χ1n) is 7.88. The molecule has 0 saturated carbocycles. The van der Waals surface area contributed by atoms with Gasteiger partial charge in [-0.15, -0.1) is 0 Å². The van der Waals surface area contributed by atoms with E-state index in [1.165, 1.54) is 0 Å². The highest BCUT2D eigenvalue weighted by Gasteiger charge is 2.29. The zero-order chi connectivity index (χ0) is 15.8. The number of nitrogens with one attached hydrogen (secondary N) is 1. The number of ether oxygens (including phenoxy) is 1. The first kappa shape index (κ1) is 18.4. The molecule has 6 nitrogen and oxygen atoms in total. The number of piperazine rings is 1. The maximum Gasteiger partial charge on any atom is 0.237 e. The number of methoxy groups -OCH3 is 1. The van der Waals surface area contributed by atoms with E-state index in [4.69, 9.17) is 4.74 Å². The summed E-state index contributed by atoms with van der Waals surface area (Å²) < 4.78 is 4.97. The molecular weight excluding hydrogens is 270 g/mol. The van der Waals surface area contributed by atoms with Crippen LogP contribution in [-0.4, -0.2) is 85.4 Å². The van der Waals surface area contributed by atoms with Crippen LogP contribution in [0.5, 0.6) is 0 Å². The molecule has 0 aliphatic carbocycles. The molecule has 0 aromatic rings. The van der Waals surface area contributed by atoms with Crippen molar-refractivity contribution in [2.24, 2.45) is 0 Å². The zero-order valence-corrected chi connectivity index (χ0v) is 13.8. The predicted molar refractivity (Wildman–Crippen MR) is 83.3 cm³/mol. The van der Waals surface area contributed by atoms with E-state index in [0.717, 1.165) is 26.1 Å². The Hall–Kier alpha value is -0.690. The van der Waals surface area contributed by atoms with Crippen LogP contribution in [0.1, 0.15) is 27.2 Å². The monoisotopic (exact) mass is 301 g/mol. The van der Waals surface area contributed by atoms with Crippen molar-refractivity contribution >= 4 is 5.91 Å². The standard InChI is InChI=1S/C15H31N3O3/c1-12-10-18(8-7-17(12)11-13(2)19)14(3)15(20)16-6-5-9-21-4/h12-14,19H,5-11H2,1-4H3,(H,16,20). The van der Waals surface area contributed by atoms with Gasteiger partial charge in [-0.25, -0.2) is 0 Å². The van der Waals surface area contributed by atoms with Crippen molar-refractivity contribution in [3.63, 3.8) is 0 Å². The molecule has 0 radical (unpaired) electrons. The number of β-amino-alcohol motifs (C(OH)–C–C–N with tert-alkyl or cyclic N) is 1. The number of carbonyl (C=O) groups excluding carboxylic acids is 1. The Kier molecular flexibility index (Phi) is 8.18. The fourth-order valence-electron chi connectivity index (χ4n) is 2.73. The van der Waals surface area contributed by atoms with E-state index in [9.17, 15) is 9.90 Å². The van der Waals surface area contributed by atoms with Gasteiger partial charge in [0.05, 0.1) is 12.1 Å². The Bertz CT molecular complexity index is 313. The van der Waals surface area contributed by atoms with Crippen LogP contribution < -0.4 is 5.32 Å². The fourth-order valence-corrected chi connectivity index (χ4v) is 2.73. The van der Waals surface area contributed by atoms with Gasteiger partial charge in [-0.05, 0) is 27.2 Å². The van der Waals surface area contributed by atoms with Crippen LogP contribution in [0.3, 0.4) is 0 Å². The third-order valence-corrected chi connectivity index (χ3v) is 4.05. The Labute approximate surface area is 128 Å². The van der Waals surface area contributed by atoms with Crippen LogP contribution in [0.2, 0.25) is 0 Å². The summed E-state index contributed by atoms with van der Waals surface area (Å²) in [5, 5.41) is 12.5. The summed E-state index contributed by atoms with van der Waals surface area (Å²) in [7, 11) is 1.67. The van der Waals surface area contributed by atoms with Crippen LogP contribution in [0.15, 0.2) is 0 Å². The van der Waals surface area contributed by atoms with Gasteiger partial charge in [0.2, 0.25) is 5.91 Å². The van der Waals surface area contributed by atoms with Gasteiger partial charge < -0.3 is 15.2 Å². The van der Waals surface area contributed by atoms with E-state index >= 15 is 0 Å². The average Bonchev–Trinajstić information content (AvgIpc) is 2.44. The molecule has 3 atom stereocenters. The lowest BCUT2D eigenvalue weighted by Gasteiger charge is -2.42. The molecule has 1 saturated heterocycles. The zero-order valence-electron chi connectivity index (χ0n) is 13.8. The lowest BCUT2D eigenvalue weighted by atomic mass is 10.1. The number of amides is 1. The first-order valence-corrected chi connectivity index (χ1v) is 7.88. The Morgan fingerprint density at radius 3 is 2.71 bits per heavy atom. The molecule has 1 amide bonds. The third kappa shape index (κ3) is 6.30. The fraction of sp³-hybridized carbons (Fsp3) is 0.933. The Morgan fingerprint density at radius 2 is 2.14 bits per heavy atom. The van der Waals surface area contributed by atoms with Crippen molar-refractivity contribution in [2.45, 2.75) is 45.4 Å². The second-order valence-corrected chi connectivity index (χ2v) is 6.00. The number of hydrogen-bond donors (Lipinski definition) is 2. The second-order valence-electron chi connectivity index (χ2n) is 6.00. The molecule has 0 aromatic carbocycles. The molecule has 1 rings (SSSR count). The normalized spacial score (nSPS) is 23.8. The lowest BCUT2D eigenvalue weighted by Crippen LogP contribution is -2.58. The summed E-state index contributed by atoms with van der Waals surface area (Å²) in [5.74, 6) is 0.0854. The van der Waals surface area contributed by atoms with Gasteiger partial charge in [-0.3, -0.25) is 14.6 Å². The molecule has 1 aliphatic rings. The van der Waals surface area contributed by atoms with Crippen LogP contribution in [-0.2, 0) is 9.53 Å². The Morgan fingerprint density at radius 1 is 1.43 bits per heavy atom. The average molecular weight is 301 g/mol. The summed E-state index contributed by atoms with van der Waals surface area (Å²) in [6.45, 7) is 10.6. The highest BCUT2D eigenvalue weighted by atomic mass is 16.5. The molecule has 2 N–H and O–H groups in total. The molecule has 3 unspecified atom stereocenters. The molecule has 0 bridgehead atoms. The molecule has 0 spiro atoms. The van der Waals surface area contributed by atoms with E-state index in [0.29, 0.717) is 25.7 Å². The van der Waals surface area contributed by atoms with Crippen molar-refractivity contribution < 1.29 is 14.6 Å². The molecule has 6 heteroatoms. The summed E-state index contributed by atoms with van der Waals surface area (Å²) in [6, 6.07) is 0.251. The number of rotatable bonds is 8. The smallest absolute Gasteiger partial charge is 0.237 e.